The van der Waals surface area contributed by atoms with Crippen molar-refractivity contribution in [3.05, 3.63) is 42.5 Å². The number of rotatable bonds is 3. The number of anilines is 1. The third-order valence-corrected chi connectivity index (χ3v) is 2.00. The quantitative estimate of drug-likeness (QED) is 0.931. The molecule has 2 rings (SSSR count). The lowest BCUT2D eigenvalue weighted by Gasteiger charge is -2.01. The first kappa shape index (κ1) is 14.7. The van der Waals surface area contributed by atoms with E-state index in [1.165, 1.54) is 12.4 Å². The van der Waals surface area contributed by atoms with Gasteiger partial charge in [-0.2, -0.15) is 13.9 Å². The van der Waals surface area contributed by atoms with Crippen LogP contribution in [0, 0.1) is 0 Å². The van der Waals surface area contributed by atoms with Gasteiger partial charge in [0.1, 0.15) is 0 Å². The lowest BCUT2D eigenvalue weighted by Crippen LogP contribution is -2.11. The fraction of sp³-hybridized carbons (Fsp3) is 0.250. The summed E-state index contributed by atoms with van der Waals surface area (Å²) in [6, 6.07) is 3.19. The molecule has 0 bridgehead atoms. The van der Waals surface area contributed by atoms with Gasteiger partial charge in [0.05, 0.1) is 11.8 Å². The number of carbonyl (C=O) groups is 1. The normalized spacial score (nSPS) is 9.74. The zero-order valence-corrected chi connectivity index (χ0v) is 10.5. The minimum absolute atomic E-state index is 0.0714. The molecule has 2 aromatic rings. The fourth-order valence-electron chi connectivity index (χ4n) is 1.20. The Bertz CT molecular complexity index is 513. The number of halogens is 2. The van der Waals surface area contributed by atoms with E-state index in [4.69, 9.17) is 0 Å². The van der Waals surface area contributed by atoms with Gasteiger partial charge in [-0.3, -0.25) is 9.78 Å². The smallest absolute Gasteiger partial charge is 0.322 e. The van der Waals surface area contributed by atoms with Gasteiger partial charge in [0.2, 0.25) is 0 Å². The van der Waals surface area contributed by atoms with Gasteiger partial charge in [0.25, 0.3) is 5.91 Å². The molecule has 102 valence electrons. The monoisotopic (exact) mass is 268 g/mol. The van der Waals surface area contributed by atoms with Crippen molar-refractivity contribution in [3.63, 3.8) is 0 Å². The van der Waals surface area contributed by atoms with E-state index in [2.05, 4.69) is 15.4 Å². The Labute approximate surface area is 109 Å². The molecule has 0 saturated carbocycles. The Morgan fingerprint density at radius 2 is 1.95 bits per heavy atom. The summed E-state index contributed by atoms with van der Waals surface area (Å²) in [4.78, 5) is 15.4. The molecule has 0 aliphatic rings. The minimum Gasteiger partial charge on any atom is -0.322 e. The molecule has 0 aromatic carbocycles. The molecule has 1 amide bonds. The van der Waals surface area contributed by atoms with Crippen LogP contribution in [0.2, 0.25) is 0 Å². The lowest BCUT2D eigenvalue weighted by atomic mass is 10.3. The fourth-order valence-corrected chi connectivity index (χ4v) is 1.20. The zero-order chi connectivity index (χ0) is 14.3. The number of alkyl halides is 2. The summed E-state index contributed by atoms with van der Waals surface area (Å²) < 4.78 is 24.9. The van der Waals surface area contributed by atoms with Gasteiger partial charge in [-0.05, 0) is 12.1 Å². The number of nitrogens with zero attached hydrogens (tertiary/aromatic N) is 3. The summed E-state index contributed by atoms with van der Waals surface area (Å²) in [6.45, 7) is 1.25. The third kappa shape index (κ3) is 4.13. The highest BCUT2D eigenvalue weighted by atomic mass is 19.3. The van der Waals surface area contributed by atoms with Crippen LogP contribution in [0.15, 0.2) is 36.9 Å². The summed E-state index contributed by atoms with van der Waals surface area (Å²) in [5, 5.41) is 5.91. The van der Waals surface area contributed by atoms with Crippen LogP contribution in [0.4, 0.5) is 14.5 Å². The molecule has 0 spiro atoms. The molecule has 2 aromatic heterocycles. The maximum absolute atomic E-state index is 12.2. The Kier molecular flexibility index (Phi) is 5.59. The van der Waals surface area contributed by atoms with Crippen LogP contribution >= 0.6 is 0 Å². The summed E-state index contributed by atoms with van der Waals surface area (Å²) in [7, 11) is 0. The minimum atomic E-state index is -2.75. The number of pyridine rings is 1. The number of carbonyl (C=O) groups excluding carboxylic acids is 1. The summed E-state index contributed by atoms with van der Waals surface area (Å²) >= 11 is 0. The molecular weight excluding hydrogens is 254 g/mol. The first-order chi connectivity index (χ1) is 9.16. The van der Waals surface area contributed by atoms with Gasteiger partial charge in [-0.1, -0.05) is 13.8 Å². The first-order valence-electron chi connectivity index (χ1n) is 5.70. The summed E-state index contributed by atoms with van der Waals surface area (Å²) in [6.07, 6.45) is 5.10. The number of aromatic nitrogens is 3. The predicted octanol–water partition coefficient (Wildman–Crippen LogP) is 2.95. The topological polar surface area (TPSA) is 59.8 Å². The molecule has 0 unspecified atom stereocenters. The van der Waals surface area contributed by atoms with Gasteiger partial charge < -0.3 is 5.32 Å². The van der Waals surface area contributed by atoms with Crippen LogP contribution in [-0.2, 0) is 0 Å². The molecule has 0 atom stereocenters. The molecule has 0 saturated heterocycles. The van der Waals surface area contributed by atoms with E-state index in [0.29, 0.717) is 10.4 Å². The molecule has 0 aliphatic carbocycles. The lowest BCUT2D eigenvalue weighted by molar-refractivity contribution is 0.0565. The summed E-state index contributed by atoms with van der Waals surface area (Å²) in [5.41, 5.74) is 0.608. The maximum Gasteiger partial charge on any atom is 0.333 e. The van der Waals surface area contributed by atoms with Crippen LogP contribution in [-0.4, -0.2) is 20.7 Å². The van der Waals surface area contributed by atoms with E-state index < -0.39 is 12.5 Å². The van der Waals surface area contributed by atoms with Crippen LogP contribution in [0.3, 0.4) is 0 Å². The van der Waals surface area contributed by atoms with Gasteiger partial charge >= 0.3 is 6.55 Å². The average molecular weight is 268 g/mol. The number of amides is 1. The first-order valence-corrected chi connectivity index (χ1v) is 5.70. The van der Waals surface area contributed by atoms with Crippen molar-refractivity contribution < 1.29 is 13.6 Å². The van der Waals surface area contributed by atoms with E-state index >= 15 is 0 Å². The largest absolute Gasteiger partial charge is 0.333 e. The van der Waals surface area contributed by atoms with E-state index in [9.17, 15) is 13.6 Å². The van der Waals surface area contributed by atoms with E-state index in [-0.39, 0.29) is 5.56 Å². The van der Waals surface area contributed by atoms with E-state index in [1.54, 1.807) is 12.1 Å². The van der Waals surface area contributed by atoms with Crippen molar-refractivity contribution in [2.24, 2.45) is 0 Å². The Hall–Kier alpha value is -2.31. The van der Waals surface area contributed by atoms with Crippen molar-refractivity contribution in [1.82, 2.24) is 14.8 Å². The van der Waals surface area contributed by atoms with Gasteiger partial charge in [0.15, 0.2) is 0 Å². The second-order valence-corrected chi connectivity index (χ2v) is 3.18. The predicted molar refractivity (Wildman–Crippen MR) is 67.0 cm³/mol. The van der Waals surface area contributed by atoms with Crippen LogP contribution in [0.25, 0.3) is 0 Å². The molecule has 1 N–H and O–H groups in total. The molecule has 5 nitrogen and oxygen atoms in total. The Balaban J connectivity index is 0.000000861. The van der Waals surface area contributed by atoms with Crippen LogP contribution < -0.4 is 5.32 Å². The highest BCUT2D eigenvalue weighted by Crippen LogP contribution is 2.11. The van der Waals surface area contributed by atoms with Crippen LogP contribution in [0.1, 0.15) is 30.8 Å². The molecule has 0 fully saturated rings. The third-order valence-electron chi connectivity index (χ3n) is 2.00. The molecule has 0 radical (unpaired) electrons. The summed E-state index contributed by atoms with van der Waals surface area (Å²) in [5.74, 6) is -0.497. The second kappa shape index (κ2) is 7.20. The van der Waals surface area contributed by atoms with E-state index in [1.807, 2.05) is 13.8 Å². The molecule has 0 aliphatic heterocycles. The van der Waals surface area contributed by atoms with Crippen molar-refractivity contribution in [2.75, 3.05) is 5.32 Å². The number of hydrogen-bond acceptors (Lipinski definition) is 3. The molecule has 7 heteroatoms. The number of hydrogen-bond donors (Lipinski definition) is 1. The standard InChI is InChI=1S/C10H8F2N4O.C2H6/c11-10(12)16-6-7(5-14-16)9(17)15-8-1-3-13-4-2-8;1-2/h1-6,10H,(H,13,15,17);1-2H3. The Morgan fingerprint density at radius 1 is 1.32 bits per heavy atom. The van der Waals surface area contributed by atoms with Crippen molar-refractivity contribution in [2.45, 2.75) is 20.4 Å². The highest BCUT2D eigenvalue weighted by molar-refractivity contribution is 6.03. The van der Waals surface area contributed by atoms with Gasteiger partial charge in [0, 0.05) is 24.3 Å². The van der Waals surface area contributed by atoms with Gasteiger partial charge in [-0.15, -0.1) is 0 Å². The van der Waals surface area contributed by atoms with Crippen molar-refractivity contribution >= 4 is 11.6 Å². The molecule has 19 heavy (non-hydrogen) atoms. The van der Waals surface area contributed by atoms with Crippen LogP contribution in [0.5, 0.6) is 0 Å². The second-order valence-electron chi connectivity index (χ2n) is 3.18. The van der Waals surface area contributed by atoms with Crippen molar-refractivity contribution in [1.29, 1.82) is 0 Å². The van der Waals surface area contributed by atoms with E-state index in [0.717, 1.165) is 12.4 Å². The average Bonchev–Trinajstić information content (AvgIpc) is 2.92. The Morgan fingerprint density at radius 3 is 2.47 bits per heavy atom. The van der Waals surface area contributed by atoms with Gasteiger partial charge in [-0.25, -0.2) is 4.68 Å². The maximum atomic E-state index is 12.2. The SMILES string of the molecule is CC.O=C(Nc1ccncc1)c1cnn(C(F)F)c1. The molecule has 2 heterocycles. The van der Waals surface area contributed by atoms with Crippen molar-refractivity contribution in [3.8, 4) is 0 Å². The zero-order valence-electron chi connectivity index (χ0n) is 10.5. The molecular formula is C12H14F2N4O. The number of nitrogens with one attached hydrogen (secondary N) is 1. The highest BCUT2D eigenvalue weighted by Gasteiger charge is 2.12.